The maximum absolute atomic E-state index is 13.4. The Morgan fingerprint density at radius 3 is 2.54 bits per heavy atom. The predicted molar refractivity (Wildman–Crippen MR) is 149 cm³/mol. The third-order valence-electron chi connectivity index (χ3n) is 7.68. The molecule has 1 saturated heterocycles. The van der Waals surface area contributed by atoms with Crippen LogP contribution in [0.5, 0.6) is 0 Å². The largest absolute Gasteiger partial charge is 0.402 e. The normalized spacial score (nSPS) is 19.5. The van der Waals surface area contributed by atoms with E-state index >= 15 is 0 Å². The fraction of sp³-hybridized carbons (Fsp3) is 0.333. The van der Waals surface area contributed by atoms with E-state index in [-0.39, 0.29) is 11.8 Å². The number of carbonyl (C=O) groups excluding carboxylic acids is 1. The second-order valence-electron chi connectivity index (χ2n) is 10.3. The molecule has 1 saturated carbocycles. The van der Waals surface area contributed by atoms with Crippen molar-refractivity contribution in [1.29, 1.82) is 0 Å². The zero-order chi connectivity index (χ0) is 26.2. The zero-order valence-corrected chi connectivity index (χ0v) is 21.6. The lowest BCUT2D eigenvalue weighted by molar-refractivity contribution is -0.118. The van der Waals surface area contributed by atoms with E-state index in [1.807, 2.05) is 42.6 Å². The van der Waals surface area contributed by atoms with Crippen LogP contribution in [0.15, 0.2) is 71.3 Å². The van der Waals surface area contributed by atoms with E-state index < -0.39 is 6.04 Å². The highest BCUT2D eigenvalue weighted by atomic mass is 16.5. The first-order valence-electron chi connectivity index (χ1n) is 13.6. The molecule has 1 atom stereocenters. The van der Waals surface area contributed by atoms with Gasteiger partial charge in [0.05, 0.1) is 25.4 Å². The first kappa shape index (κ1) is 23.8. The van der Waals surface area contributed by atoms with E-state index in [0.29, 0.717) is 43.7 Å². The van der Waals surface area contributed by atoms with Crippen LogP contribution >= 0.6 is 0 Å². The SMILES string of the molecule is O=C1Cc2ccccc2N(c2ccccc2)C[C@@H]1Nc1nnc(-c2ncc(C3CC3)cc2N2CCOCC2)o1. The van der Waals surface area contributed by atoms with E-state index in [4.69, 9.17) is 14.1 Å². The van der Waals surface area contributed by atoms with Gasteiger partial charge in [0.15, 0.2) is 11.5 Å². The van der Waals surface area contributed by atoms with Crippen molar-refractivity contribution in [2.45, 2.75) is 31.2 Å². The number of hydrogen-bond acceptors (Lipinski definition) is 9. The van der Waals surface area contributed by atoms with E-state index in [0.717, 1.165) is 35.7 Å². The Morgan fingerprint density at radius 1 is 0.923 bits per heavy atom. The molecule has 4 heterocycles. The summed E-state index contributed by atoms with van der Waals surface area (Å²) in [6.07, 6.45) is 4.66. The van der Waals surface area contributed by atoms with Crippen molar-refractivity contribution in [2.24, 2.45) is 0 Å². The van der Waals surface area contributed by atoms with Gasteiger partial charge in [0.25, 0.3) is 5.89 Å². The number of rotatable bonds is 6. The third kappa shape index (κ3) is 4.85. The van der Waals surface area contributed by atoms with Crippen LogP contribution in [0.25, 0.3) is 11.6 Å². The lowest BCUT2D eigenvalue weighted by atomic mass is 10.0. The maximum Gasteiger partial charge on any atom is 0.316 e. The molecule has 0 unspecified atom stereocenters. The molecule has 1 N–H and O–H groups in total. The molecule has 4 aromatic rings. The van der Waals surface area contributed by atoms with Gasteiger partial charge in [0.1, 0.15) is 6.04 Å². The van der Waals surface area contributed by atoms with E-state index in [9.17, 15) is 4.79 Å². The Labute approximate surface area is 226 Å². The van der Waals surface area contributed by atoms with E-state index in [1.54, 1.807) is 0 Å². The quantitative estimate of drug-likeness (QED) is 0.390. The number of ketones is 1. The monoisotopic (exact) mass is 522 g/mol. The second kappa shape index (κ2) is 10.1. The highest BCUT2D eigenvalue weighted by Gasteiger charge is 2.31. The molecule has 2 fully saturated rings. The number of aromatic nitrogens is 3. The number of benzene rings is 2. The van der Waals surface area contributed by atoms with Gasteiger partial charge in [-0.15, -0.1) is 5.10 Å². The fourth-order valence-electron chi connectivity index (χ4n) is 5.44. The van der Waals surface area contributed by atoms with Crippen molar-refractivity contribution in [3.8, 4) is 11.6 Å². The number of para-hydroxylation sites is 2. The molecule has 0 spiro atoms. The summed E-state index contributed by atoms with van der Waals surface area (Å²) < 4.78 is 11.7. The van der Waals surface area contributed by atoms with Gasteiger partial charge in [-0.25, -0.2) is 4.98 Å². The fourth-order valence-corrected chi connectivity index (χ4v) is 5.44. The van der Waals surface area contributed by atoms with Gasteiger partial charge in [-0.05, 0) is 54.2 Å². The maximum atomic E-state index is 13.4. The number of ether oxygens (including phenoxy) is 1. The minimum Gasteiger partial charge on any atom is -0.402 e. The number of Topliss-reactive ketones (excluding diaryl/α,β-unsaturated/α-hetero) is 1. The van der Waals surface area contributed by atoms with Gasteiger partial charge in [0.2, 0.25) is 0 Å². The van der Waals surface area contributed by atoms with Crippen molar-refractivity contribution < 1.29 is 13.9 Å². The molecular formula is C30H30N6O3. The first-order chi connectivity index (χ1) is 19.2. The van der Waals surface area contributed by atoms with Gasteiger partial charge in [-0.3, -0.25) is 4.79 Å². The third-order valence-corrected chi connectivity index (χ3v) is 7.68. The van der Waals surface area contributed by atoms with E-state index in [1.165, 1.54) is 18.4 Å². The molecule has 2 aromatic heterocycles. The smallest absolute Gasteiger partial charge is 0.316 e. The summed E-state index contributed by atoms with van der Waals surface area (Å²) in [5.41, 5.74) is 5.96. The van der Waals surface area contributed by atoms with Crippen molar-refractivity contribution in [3.05, 3.63) is 78.0 Å². The Morgan fingerprint density at radius 2 is 1.72 bits per heavy atom. The minimum absolute atomic E-state index is 0.0709. The number of anilines is 4. The summed E-state index contributed by atoms with van der Waals surface area (Å²) in [6, 6.07) is 20.1. The molecule has 1 aliphatic carbocycles. The minimum atomic E-state index is -0.533. The Hall–Kier alpha value is -4.24. The van der Waals surface area contributed by atoms with Crippen molar-refractivity contribution in [1.82, 2.24) is 15.2 Å². The Balaban J connectivity index is 1.17. The number of carbonyl (C=O) groups is 1. The standard InChI is InChI=1S/C30H30N6O3/c37-27-17-21-6-4-5-9-25(21)36(23-7-2-1-3-8-23)19-24(27)32-30-34-33-29(39-30)28-26(35-12-14-38-15-13-35)16-22(18-31-28)20-10-11-20/h1-9,16,18,20,24H,10-15,17,19H2,(H,32,34)/t24-/m0/s1. The zero-order valence-electron chi connectivity index (χ0n) is 21.6. The molecule has 39 heavy (non-hydrogen) atoms. The molecule has 7 rings (SSSR count). The summed E-state index contributed by atoms with van der Waals surface area (Å²) in [5.74, 6) is 0.997. The molecule has 198 valence electrons. The molecule has 9 nitrogen and oxygen atoms in total. The molecule has 0 amide bonds. The summed E-state index contributed by atoms with van der Waals surface area (Å²) in [5, 5.41) is 11.9. The molecule has 0 radical (unpaired) electrons. The first-order valence-corrected chi connectivity index (χ1v) is 13.6. The highest BCUT2D eigenvalue weighted by Crippen LogP contribution is 2.42. The molecule has 0 bridgehead atoms. The molecular weight excluding hydrogens is 492 g/mol. The lowest BCUT2D eigenvalue weighted by Gasteiger charge is -2.30. The topological polar surface area (TPSA) is 96.6 Å². The Bertz CT molecular complexity index is 1480. The summed E-state index contributed by atoms with van der Waals surface area (Å²) >= 11 is 0. The van der Waals surface area contributed by atoms with Crippen LogP contribution in [0.3, 0.4) is 0 Å². The highest BCUT2D eigenvalue weighted by molar-refractivity contribution is 5.92. The summed E-state index contributed by atoms with van der Waals surface area (Å²) in [4.78, 5) is 22.6. The van der Waals surface area contributed by atoms with Crippen LogP contribution < -0.4 is 15.1 Å². The lowest BCUT2D eigenvalue weighted by Crippen LogP contribution is -2.39. The van der Waals surface area contributed by atoms with E-state index in [2.05, 4.69) is 49.6 Å². The van der Waals surface area contributed by atoms with Gasteiger partial charge in [-0.1, -0.05) is 41.5 Å². The molecule has 2 aromatic carbocycles. The molecule has 3 aliphatic rings. The average Bonchev–Trinajstić information content (AvgIpc) is 3.76. The number of fused-ring (bicyclic) bond motifs is 1. The van der Waals surface area contributed by atoms with Crippen LogP contribution in [-0.2, 0) is 16.0 Å². The van der Waals surface area contributed by atoms with Gasteiger partial charge >= 0.3 is 6.01 Å². The number of morpholine rings is 1. The van der Waals surface area contributed by atoms with Crippen LogP contribution in [0.4, 0.5) is 23.1 Å². The molecule has 9 heteroatoms. The number of pyridine rings is 1. The van der Waals surface area contributed by atoms with Crippen molar-refractivity contribution in [2.75, 3.05) is 48.0 Å². The predicted octanol–water partition coefficient (Wildman–Crippen LogP) is 4.59. The summed E-state index contributed by atoms with van der Waals surface area (Å²) in [6.45, 7) is 3.36. The summed E-state index contributed by atoms with van der Waals surface area (Å²) in [7, 11) is 0. The van der Waals surface area contributed by atoms with Crippen LogP contribution in [0, 0.1) is 0 Å². The Kier molecular flexibility index (Phi) is 6.20. The average molecular weight is 523 g/mol. The van der Waals surface area contributed by atoms with Crippen LogP contribution in [0.2, 0.25) is 0 Å². The number of nitrogens with zero attached hydrogens (tertiary/aromatic N) is 5. The number of nitrogens with one attached hydrogen (secondary N) is 1. The van der Waals surface area contributed by atoms with Crippen molar-refractivity contribution in [3.63, 3.8) is 0 Å². The van der Waals surface area contributed by atoms with Crippen LogP contribution in [0.1, 0.15) is 29.9 Å². The van der Waals surface area contributed by atoms with Crippen LogP contribution in [-0.4, -0.2) is 59.9 Å². The van der Waals surface area contributed by atoms with Gasteiger partial charge in [-0.2, -0.15) is 0 Å². The van der Waals surface area contributed by atoms with Gasteiger partial charge in [0, 0.05) is 37.1 Å². The van der Waals surface area contributed by atoms with Crippen molar-refractivity contribution >= 4 is 28.9 Å². The van der Waals surface area contributed by atoms with Gasteiger partial charge < -0.3 is 24.3 Å². The molecule has 2 aliphatic heterocycles. The number of hydrogen-bond donors (Lipinski definition) is 1. The second-order valence-corrected chi connectivity index (χ2v) is 10.3.